The Balaban J connectivity index is 2.94. The van der Waals surface area contributed by atoms with Crippen molar-refractivity contribution in [3.63, 3.8) is 0 Å². The predicted octanol–water partition coefficient (Wildman–Crippen LogP) is -0.257. The standard InChI is InChI=1S/C13H17NO5S2/c1-2-20(16,17)11-9-14-21(18,19)13-8-4-3-6-12(13)7-5-10-15/h3-4,6,8,14-15H,2,9-11H2,1H3. The molecule has 0 spiro atoms. The molecular weight excluding hydrogens is 314 g/mol. The number of sulfonamides is 1. The Kier molecular flexibility index (Phi) is 6.36. The molecule has 21 heavy (non-hydrogen) atoms. The summed E-state index contributed by atoms with van der Waals surface area (Å²) in [6, 6.07) is 6.06. The van der Waals surface area contributed by atoms with E-state index in [4.69, 9.17) is 5.11 Å². The quantitative estimate of drug-likeness (QED) is 0.700. The number of sulfone groups is 1. The number of rotatable bonds is 6. The van der Waals surface area contributed by atoms with Crippen molar-refractivity contribution in [2.24, 2.45) is 0 Å². The summed E-state index contributed by atoms with van der Waals surface area (Å²) in [5.74, 6) is 4.64. The predicted molar refractivity (Wildman–Crippen MR) is 79.9 cm³/mol. The summed E-state index contributed by atoms with van der Waals surface area (Å²) < 4.78 is 49.2. The number of benzene rings is 1. The van der Waals surface area contributed by atoms with Crippen LogP contribution in [0, 0.1) is 11.8 Å². The lowest BCUT2D eigenvalue weighted by Gasteiger charge is -2.08. The van der Waals surface area contributed by atoms with Crippen LogP contribution in [0.3, 0.4) is 0 Å². The van der Waals surface area contributed by atoms with Crippen molar-refractivity contribution in [2.45, 2.75) is 11.8 Å². The second kappa shape index (κ2) is 7.56. The second-order valence-corrected chi connectivity index (χ2v) is 8.30. The molecule has 0 aromatic heterocycles. The van der Waals surface area contributed by atoms with Gasteiger partial charge in [-0.15, -0.1) is 0 Å². The largest absolute Gasteiger partial charge is 0.384 e. The Hall–Kier alpha value is -1.40. The highest BCUT2D eigenvalue weighted by Gasteiger charge is 2.18. The molecule has 116 valence electrons. The summed E-state index contributed by atoms with van der Waals surface area (Å²) in [6.45, 7) is 0.931. The van der Waals surface area contributed by atoms with E-state index in [1.54, 1.807) is 12.1 Å². The molecule has 1 aromatic carbocycles. The number of hydrogen-bond acceptors (Lipinski definition) is 5. The van der Waals surface area contributed by atoms with Crippen LogP contribution in [0.5, 0.6) is 0 Å². The summed E-state index contributed by atoms with van der Waals surface area (Å²) in [5.41, 5.74) is 0.248. The third-order valence-electron chi connectivity index (χ3n) is 2.62. The summed E-state index contributed by atoms with van der Waals surface area (Å²) in [6.07, 6.45) is 0. The minimum absolute atomic E-state index is 0.0344. The van der Waals surface area contributed by atoms with Crippen molar-refractivity contribution in [3.05, 3.63) is 29.8 Å². The molecule has 0 unspecified atom stereocenters. The molecule has 6 nitrogen and oxygen atoms in total. The maximum Gasteiger partial charge on any atom is 0.241 e. The van der Waals surface area contributed by atoms with Gasteiger partial charge in [0.2, 0.25) is 10.0 Å². The van der Waals surface area contributed by atoms with Gasteiger partial charge in [-0.25, -0.2) is 21.6 Å². The molecule has 0 saturated heterocycles. The molecule has 0 aliphatic carbocycles. The lowest BCUT2D eigenvalue weighted by atomic mass is 10.2. The minimum Gasteiger partial charge on any atom is -0.384 e. The minimum atomic E-state index is -3.85. The number of hydrogen-bond donors (Lipinski definition) is 2. The lowest BCUT2D eigenvalue weighted by molar-refractivity contribution is 0.350. The highest BCUT2D eigenvalue weighted by atomic mass is 32.2. The smallest absolute Gasteiger partial charge is 0.241 e. The van der Waals surface area contributed by atoms with Gasteiger partial charge in [-0.3, -0.25) is 0 Å². The summed E-state index contributed by atoms with van der Waals surface area (Å²) >= 11 is 0. The summed E-state index contributed by atoms with van der Waals surface area (Å²) in [4.78, 5) is -0.0418. The van der Waals surface area contributed by atoms with E-state index in [0.717, 1.165) is 0 Å². The van der Waals surface area contributed by atoms with Crippen LogP contribution in [0.1, 0.15) is 12.5 Å². The second-order valence-electron chi connectivity index (χ2n) is 4.09. The van der Waals surface area contributed by atoms with E-state index in [-0.39, 0.29) is 35.1 Å². The van der Waals surface area contributed by atoms with Gasteiger partial charge in [-0.1, -0.05) is 30.9 Å². The van der Waals surface area contributed by atoms with Crippen molar-refractivity contribution >= 4 is 19.9 Å². The van der Waals surface area contributed by atoms with Crippen LogP contribution in [-0.4, -0.2) is 46.6 Å². The van der Waals surface area contributed by atoms with Crippen LogP contribution in [-0.2, 0) is 19.9 Å². The molecule has 0 radical (unpaired) electrons. The van der Waals surface area contributed by atoms with E-state index >= 15 is 0 Å². The van der Waals surface area contributed by atoms with Gasteiger partial charge in [0.25, 0.3) is 0 Å². The highest BCUT2D eigenvalue weighted by molar-refractivity contribution is 7.91. The van der Waals surface area contributed by atoms with Crippen molar-refractivity contribution in [1.29, 1.82) is 0 Å². The summed E-state index contributed by atoms with van der Waals surface area (Å²) in [5, 5.41) is 8.67. The van der Waals surface area contributed by atoms with Crippen LogP contribution in [0.4, 0.5) is 0 Å². The molecule has 2 N–H and O–H groups in total. The van der Waals surface area contributed by atoms with Crippen molar-refractivity contribution in [2.75, 3.05) is 24.7 Å². The Morgan fingerprint density at radius 2 is 1.86 bits per heavy atom. The molecule has 0 heterocycles. The van der Waals surface area contributed by atoms with E-state index in [9.17, 15) is 16.8 Å². The van der Waals surface area contributed by atoms with Gasteiger partial charge in [-0.05, 0) is 12.1 Å². The Labute approximate surface area is 125 Å². The molecule has 0 amide bonds. The van der Waals surface area contributed by atoms with Crippen LogP contribution < -0.4 is 4.72 Å². The van der Waals surface area contributed by atoms with Crippen molar-refractivity contribution in [3.8, 4) is 11.8 Å². The number of aliphatic hydroxyl groups excluding tert-OH is 1. The normalized spacial score (nSPS) is 11.7. The maximum atomic E-state index is 12.2. The van der Waals surface area contributed by atoms with Gasteiger partial charge in [0, 0.05) is 17.9 Å². The van der Waals surface area contributed by atoms with Crippen LogP contribution in [0.25, 0.3) is 0 Å². The van der Waals surface area contributed by atoms with E-state index < -0.39 is 19.9 Å². The average molecular weight is 331 g/mol. The van der Waals surface area contributed by atoms with Gasteiger partial charge in [-0.2, -0.15) is 0 Å². The van der Waals surface area contributed by atoms with Gasteiger partial charge in [0.1, 0.15) is 6.61 Å². The summed E-state index contributed by atoms with van der Waals surface area (Å²) in [7, 11) is -7.09. The highest BCUT2D eigenvalue weighted by Crippen LogP contribution is 2.14. The van der Waals surface area contributed by atoms with Crippen LogP contribution in [0.15, 0.2) is 29.2 Å². The van der Waals surface area contributed by atoms with Crippen molar-refractivity contribution < 1.29 is 21.9 Å². The van der Waals surface area contributed by atoms with E-state index in [2.05, 4.69) is 16.6 Å². The SMILES string of the molecule is CCS(=O)(=O)CCNS(=O)(=O)c1ccccc1C#CCO. The molecule has 0 aliphatic heterocycles. The fourth-order valence-electron chi connectivity index (χ4n) is 1.49. The first-order valence-corrected chi connectivity index (χ1v) is 9.51. The fraction of sp³-hybridized carbons (Fsp3) is 0.385. The number of aliphatic hydroxyl groups is 1. The average Bonchev–Trinajstić information content (AvgIpc) is 2.45. The molecule has 0 aliphatic rings. The molecule has 8 heteroatoms. The van der Waals surface area contributed by atoms with Gasteiger partial charge < -0.3 is 5.11 Å². The Morgan fingerprint density at radius 3 is 2.48 bits per heavy atom. The third-order valence-corrected chi connectivity index (χ3v) is 5.85. The first-order chi connectivity index (χ1) is 9.82. The first-order valence-electron chi connectivity index (χ1n) is 6.21. The lowest BCUT2D eigenvalue weighted by Crippen LogP contribution is -2.30. The molecule has 0 atom stereocenters. The topological polar surface area (TPSA) is 101 Å². The molecule has 0 bridgehead atoms. The van der Waals surface area contributed by atoms with E-state index in [1.807, 2.05) is 0 Å². The fourth-order valence-corrected chi connectivity index (χ4v) is 3.52. The Bertz CT molecular complexity index is 742. The molecule has 0 fully saturated rings. The zero-order valence-corrected chi connectivity index (χ0v) is 13.2. The number of nitrogens with one attached hydrogen (secondary N) is 1. The maximum absolute atomic E-state index is 12.2. The van der Waals surface area contributed by atoms with Gasteiger partial charge >= 0.3 is 0 Å². The van der Waals surface area contributed by atoms with Gasteiger partial charge in [0.05, 0.1) is 10.6 Å². The molecule has 1 aromatic rings. The van der Waals surface area contributed by atoms with Crippen LogP contribution in [0.2, 0.25) is 0 Å². The van der Waals surface area contributed by atoms with Gasteiger partial charge in [0.15, 0.2) is 9.84 Å². The van der Waals surface area contributed by atoms with E-state index in [0.29, 0.717) is 0 Å². The third kappa shape index (κ3) is 5.47. The molecular formula is C13H17NO5S2. The zero-order chi connectivity index (χ0) is 15.9. The monoisotopic (exact) mass is 331 g/mol. The molecule has 1 rings (SSSR count). The van der Waals surface area contributed by atoms with Crippen molar-refractivity contribution in [1.82, 2.24) is 4.72 Å². The molecule has 0 saturated carbocycles. The zero-order valence-electron chi connectivity index (χ0n) is 11.5. The first kappa shape index (κ1) is 17.7. The van der Waals surface area contributed by atoms with E-state index in [1.165, 1.54) is 19.1 Å². The Morgan fingerprint density at radius 1 is 1.19 bits per heavy atom. The van der Waals surface area contributed by atoms with Crippen LogP contribution >= 0.6 is 0 Å².